The summed E-state index contributed by atoms with van der Waals surface area (Å²) in [5.74, 6) is -0.126. The van der Waals surface area contributed by atoms with E-state index in [4.69, 9.17) is 19.2 Å². The molecule has 3 aliphatic rings. The maximum atomic E-state index is 13.9. The van der Waals surface area contributed by atoms with Gasteiger partial charge in [0.25, 0.3) is 0 Å². The fourth-order valence-corrected chi connectivity index (χ4v) is 6.32. The van der Waals surface area contributed by atoms with Crippen LogP contribution >= 0.6 is 0 Å². The molecule has 5 rings (SSSR count). The molecule has 226 valence electrons. The van der Waals surface area contributed by atoms with E-state index in [1.54, 1.807) is 7.11 Å². The number of allylic oxidation sites excluding steroid dienone is 1. The molecule has 1 aromatic heterocycles. The first kappa shape index (κ1) is 29.7. The summed E-state index contributed by atoms with van der Waals surface area (Å²) in [5, 5.41) is 13.7. The first-order valence-electron chi connectivity index (χ1n) is 14.9. The molecule has 2 N–H and O–H groups in total. The van der Waals surface area contributed by atoms with Crippen molar-refractivity contribution >= 4 is 34.9 Å². The average molecular weight is 580 g/mol. The number of carboxylic acid groups (broad SMARTS) is 1. The normalized spacial score (nSPS) is 27.2. The van der Waals surface area contributed by atoms with E-state index in [1.807, 2.05) is 51.1 Å². The molecule has 1 saturated carbocycles. The first-order valence-corrected chi connectivity index (χ1v) is 14.9. The third-order valence-corrected chi connectivity index (χ3v) is 8.58. The van der Waals surface area contributed by atoms with Crippen molar-refractivity contribution in [3.05, 3.63) is 36.0 Å². The number of fused-ring (bicyclic) bond motifs is 5. The Labute approximate surface area is 246 Å². The maximum absolute atomic E-state index is 13.9. The molecule has 2 amide bonds. The number of pyridine rings is 1. The lowest BCUT2D eigenvalue weighted by molar-refractivity contribution is -0.150. The Hall–Kier alpha value is -3.82. The molecular formula is C32H41N3O7. The van der Waals surface area contributed by atoms with E-state index in [0.29, 0.717) is 17.2 Å². The number of hydrogen-bond donors (Lipinski definition) is 2. The number of nitrogens with zero attached hydrogens (tertiary/aromatic N) is 2. The number of ether oxygens (including phenoxy) is 3. The van der Waals surface area contributed by atoms with E-state index in [9.17, 15) is 19.5 Å². The van der Waals surface area contributed by atoms with Gasteiger partial charge in [0.05, 0.1) is 19.2 Å². The third-order valence-electron chi connectivity index (χ3n) is 8.58. The lowest BCUT2D eigenvalue weighted by Crippen LogP contribution is -2.57. The molecule has 2 aromatic rings. The van der Waals surface area contributed by atoms with Gasteiger partial charge >= 0.3 is 12.1 Å². The second-order valence-electron chi connectivity index (χ2n) is 12.7. The van der Waals surface area contributed by atoms with Crippen molar-refractivity contribution in [2.45, 2.75) is 90.0 Å². The Morgan fingerprint density at radius 2 is 1.90 bits per heavy atom. The SMILES string of the molecule is COc1ccc2nc3c(cc2c1)O[C@@H]1C[C@@H](C(=O)O)N(C1)C(=O)[C@H](C(C)(C)C)NC(=O)O[C@@H]1CCC[C@H]1CCCC=C3. The van der Waals surface area contributed by atoms with Crippen LogP contribution in [-0.4, -0.2) is 70.9 Å². The fourth-order valence-electron chi connectivity index (χ4n) is 6.32. The second-order valence-corrected chi connectivity index (χ2v) is 12.7. The van der Waals surface area contributed by atoms with Crippen LogP contribution in [0.15, 0.2) is 30.3 Å². The van der Waals surface area contributed by atoms with Gasteiger partial charge in [-0.05, 0) is 80.2 Å². The van der Waals surface area contributed by atoms with Crippen molar-refractivity contribution in [2.75, 3.05) is 13.7 Å². The fraction of sp³-hybridized carbons (Fsp3) is 0.562. The van der Waals surface area contributed by atoms with Crippen LogP contribution in [-0.2, 0) is 14.3 Å². The van der Waals surface area contributed by atoms with Crippen LogP contribution in [0.5, 0.6) is 11.5 Å². The lowest BCUT2D eigenvalue weighted by atomic mass is 9.85. The van der Waals surface area contributed by atoms with Gasteiger partial charge in [-0.2, -0.15) is 0 Å². The van der Waals surface area contributed by atoms with Gasteiger partial charge in [-0.15, -0.1) is 0 Å². The molecule has 1 saturated heterocycles. The summed E-state index contributed by atoms with van der Waals surface area (Å²) in [6.45, 7) is 5.58. The number of benzene rings is 1. The van der Waals surface area contributed by atoms with E-state index < -0.39 is 41.6 Å². The molecule has 0 unspecified atom stereocenters. The van der Waals surface area contributed by atoms with Gasteiger partial charge in [0.2, 0.25) is 5.91 Å². The van der Waals surface area contributed by atoms with Crippen LogP contribution < -0.4 is 14.8 Å². The van der Waals surface area contributed by atoms with Crippen molar-refractivity contribution in [3.8, 4) is 11.5 Å². The molecule has 2 aliphatic heterocycles. The number of rotatable bonds is 2. The Morgan fingerprint density at radius 1 is 1.12 bits per heavy atom. The second kappa shape index (κ2) is 12.2. The Balaban J connectivity index is 1.52. The van der Waals surface area contributed by atoms with E-state index in [1.165, 1.54) is 4.90 Å². The smallest absolute Gasteiger partial charge is 0.408 e. The monoisotopic (exact) mass is 579 g/mol. The van der Waals surface area contributed by atoms with Crippen LogP contribution in [0.2, 0.25) is 0 Å². The van der Waals surface area contributed by atoms with Gasteiger partial charge in [-0.25, -0.2) is 14.6 Å². The highest BCUT2D eigenvalue weighted by atomic mass is 16.6. The van der Waals surface area contributed by atoms with Gasteiger partial charge in [-0.3, -0.25) is 4.79 Å². The number of amides is 2. The van der Waals surface area contributed by atoms with Gasteiger partial charge in [-0.1, -0.05) is 26.8 Å². The molecule has 0 spiro atoms. The Kier molecular flexibility index (Phi) is 8.61. The summed E-state index contributed by atoms with van der Waals surface area (Å²) < 4.78 is 17.7. The summed E-state index contributed by atoms with van der Waals surface area (Å²) in [6, 6.07) is 5.45. The summed E-state index contributed by atoms with van der Waals surface area (Å²) >= 11 is 0. The van der Waals surface area contributed by atoms with Crippen molar-refractivity contribution < 1.29 is 33.7 Å². The maximum Gasteiger partial charge on any atom is 0.408 e. The van der Waals surface area contributed by atoms with Gasteiger partial charge in [0, 0.05) is 11.8 Å². The highest BCUT2D eigenvalue weighted by Gasteiger charge is 2.46. The minimum atomic E-state index is -1.12. The van der Waals surface area contributed by atoms with Crippen molar-refractivity contribution in [1.29, 1.82) is 0 Å². The van der Waals surface area contributed by atoms with Crippen LogP contribution in [0, 0.1) is 11.3 Å². The summed E-state index contributed by atoms with van der Waals surface area (Å²) in [4.78, 5) is 45.5. The number of hydrogen-bond acceptors (Lipinski definition) is 7. The van der Waals surface area contributed by atoms with E-state index in [0.717, 1.165) is 49.4 Å². The van der Waals surface area contributed by atoms with Gasteiger partial charge < -0.3 is 29.5 Å². The molecule has 10 heteroatoms. The van der Waals surface area contributed by atoms with E-state index in [-0.39, 0.29) is 25.0 Å². The summed E-state index contributed by atoms with van der Waals surface area (Å²) in [7, 11) is 1.60. The molecule has 3 heterocycles. The average Bonchev–Trinajstić information content (AvgIpc) is 3.57. The number of carbonyl (C=O) groups is 3. The zero-order valence-corrected chi connectivity index (χ0v) is 24.8. The number of carbonyl (C=O) groups excluding carboxylic acids is 2. The summed E-state index contributed by atoms with van der Waals surface area (Å²) in [5.41, 5.74) is 0.742. The number of methoxy groups -OCH3 is 1. The Bertz CT molecular complexity index is 1370. The highest BCUT2D eigenvalue weighted by Crippen LogP contribution is 2.34. The molecule has 42 heavy (non-hydrogen) atoms. The third kappa shape index (κ3) is 6.47. The van der Waals surface area contributed by atoms with Crippen molar-refractivity contribution in [1.82, 2.24) is 15.2 Å². The molecule has 2 bridgehead atoms. The van der Waals surface area contributed by atoms with Gasteiger partial charge in [0.15, 0.2) is 0 Å². The molecule has 5 atom stereocenters. The minimum absolute atomic E-state index is 0.0586. The van der Waals surface area contributed by atoms with Crippen molar-refractivity contribution in [2.24, 2.45) is 11.3 Å². The van der Waals surface area contributed by atoms with E-state index in [2.05, 4.69) is 11.4 Å². The largest absolute Gasteiger partial charge is 0.497 e. The molecule has 1 aliphatic carbocycles. The predicted molar refractivity (Wildman–Crippen MR) is 157 cm³/mol. The molecular weight excluding hydrogens is 538 g/mol. The molecule has 1 aromatic carbocycles. The topological polar surface area (TPSA) is 127 Å². The number of aliphatic carboxylic acids is 1. The first-order chi connectivity index (χ1) is 20.0. The number of alkyl carbamates (subject to hydrolysis) is 1. The van der Waals surface area contributed by atoms with E-state index >= 15 is 0 Å². The molecule has 10 nitrogen and oxygen atoms in total. The predicted octanol–water partition coefficient (Wildman–Crippen LogP) is 5.18. The quantitative estimate of drug-likeness (QED) is 0.498. The Morgan fingerprint density at radius 3 is 2.64 bits per heavy atom. The zero-order chi connectivity index (χ0) is 30.0. The van der Waals surface area contributed by atoms with Crippen LogP contribution in [0.25, 0.3) is 17.0 Å². The van der Waals surface area contributed by atoms with Crippen LogP contribution in [0.3, 0.4) is 0 Å². The summed E-state index contributed by atoms with van der Waals surface area (Å²) in [6.07, 6.45) is 8.16. The van der Waals surface area contributed by atoms with Crippen molar-refractivity contribution in [3.63, 3.8) is 0 Å². The molecule has 0 radical (unpaired) electrons. The van der Waals surface area contributed by atoms with Crippen LogP contribution in [0.1, 0.15) is 71.4 Å². The standard InChI is InChI=1S/C32H41N3O7/c1-32(2,3)28-29(36)35-18-22(17-25(35)30(37)38)41-27-16-20-15-21(40-4)13-14-23(20)33-24(27)11-7-5-6-9-19-10-8-12-26(19)42-31(39)34-28/h7,11,13-16,19,22,25-26,28H,5-6,8-10,12,17-18H2,1-4H3,(H,34,39)(H,37,38)/t19-,22-,25+,26-,28-/m1/s1. The number of carboxylic acids is 1. The minimum Gasteiger partial charge on any atom is -0.497 e. The molecule has 2 fully saturated rings. The zero-order valence-electron chi connectivity index (χ0n) is 24.8. The van der Waals surface area contributed by atoms with Gasteiger partial charge in [0.1, 0.15) is 41.5 Å². The number of nitrogens with one attached hydrogen (secondary N) is 1. The lowest BCUT2D eigenvalue weighted by Gasteiger charge is -2.35. The number of aromatic nitrogens is 1. The van der Waals surface area contributed by atoms with Crippen LogP contribution in [0.4, 0.5) is 4.79 Å². The highest BCUT2D eigenvalue weighted by molar-refractivity contribution is 5.90.